The lowest BCUT2D eigenvalue weighted by Gasteiger charge is -2.25. The Labute approximate surface area is 182 Å². The number of fused-ring (bicyclic) bond motifs is 1. The number of nitrogens with one attached hydrogen (secondary N) is 2. The number of aromatic nitrogens is 2. The molecule has 0 saturated heterocycles. The minimum absolute atomic E-state index is 0.0125. The molecule has 3 N–H and O–H groups in total. The van der Waals surface area contributed by atoms with E-state index in [-0.39, 0.29) is 17.2 Å². The maximum absolute atomic E-state index is 13.3. The minimum Gasteiger partial charge on any atom is -0.478 e. The number of benzene rings is 2. The number of carboxylic acids is 1. The van der Waals surface area contributed by atoms with Gasteiger partial charge in [0.25, 0.3) is 0 Å². The van der Waals surface area contributed by atoms with Crippen molar-refractivity contribution in [3.63, 3.8) is 0 Å². The number of halogens is 3. The fourth-order valence-corrected chi connectivity index (χ4v) is 3.26. The van der Waals surface area contributed by atoms with Gasteiger partial charge >= 0.3 is 12.1 Å². The summed E-state index contributed by atoms with van der Waals surface area (Å²) < 4.78 is 50.1. The molecule has 1 aromatic heterocycles. The van der Waals surface area contributed by atoms with Crippen LogP contribution in [0.4, 0.5) is 30.5 Å². The van der Waals surface area contributed by atoms with Crippen LogP contribution in [0.25, 0.3) is 11.0 Å². The molecule has 0 amide bonds. The highest BCUT2D eigenvalue weighted by Crippen LogP contribution is 2.36. The van der Waals surface area contributed by atoms with E-state index >= 15 is 0 Å². The molecule has 0 fully saturated rings. The van der Waals surface area contributed by atoms with Crippen molar-refractivity contribution in [1.82, 2.24) is 9.97 Å². The van der Waals surface area contributed by atoms with Crippen molar-refractivity contribution >= 4 is 34.3 Å². The van der Waals surface area contributed by atoms with Gasteiger partial charge in [0.1, 0.15) is 0 Å². The average molecular weight is 452 g/mol. The third kappa shape index (κ3) is 5.29. The first-order chi connectivity index (χ1) is 15.2. The molecular formula is C21H23F3N4O4. The number of nitrogens with zero attached hydrogens (tertiary/aromatic N) is 2. The lowest BCUT2D eigenvalue weighted by Crippen LogP contribution is -2.32. The Morgan fingerprint density at radius 2 is 1.81 bits per heavy atom. The number of carboxylic acid groups (broad SMARTS) is 1. The van der Waals surface area contributed by atoms with Crippen molar-refractivity contribution in [3.05, 3.63) is 47.5 Å². The van der Waals surface area contributed by atoms with Gasteiger partial charge in [0.15, 0.2) is 0 Å². The van der Waals surface area contributed by atoms with Crippen LogP contribution in [-0.2, 0) is 15.7 Å². The van der Waals surface area contributed by atoms with Gasteiger partial charge < -0.3 is 29.8 Å². The van der Waals surface area contributed by atoms with E-state index in [1.54, 1.807) is 20.3 Å². The van der Waals surface area contributed by atoms with Crippen LogP contribution < -0.4 is 10.2 Å². The number of methoxy groups -OCH3 is 2. The summed E-state index contributed by atoms with van der Waals surface area (Å²) >= 11 is 0. The Morgan fingerprint density at radius 1 is 1.16 bits per heavy atom. The SMILES string of the molecule is COCCN(CCOC)c1cc2[nH]c(Nc3ccccc3C(F)(F)F)nc2cc1C(=O)O. The normalized spacial score (nSPS) is 11.7. The highest BCUT2D eigenvalue weighted by Gasteiger charge is 2.33. The first-order valence-corrected chi connectivity index (χ1v) is 9.67. The molecule has 32 heavy (non-hydrogen) atoms. The van der Waals surface area contributed by atoms with Crippen LogP contribution in [-0.4, -0.2) is 61.6 Å². The standard InChI is InChI=1S/C21H23F3N4O4/c1-31-9-7-28(8-10-32-2)18-12-17-16(11-13(18)19(29)30)26-20(27-17)25-15-6-4-3-5-14(15)21(22,23)24/h3-6,11-12H,7-10H2,1-2H3,(H,29,30)(H2,25,26,27). The summed E-state index contributed by atoms with van der Waals surface area (Å²) in [5.74, 6) is -1.09. The number of aromatic carboxylic acids is 1. The smallest absolute Gasteiger partial charge is 0.418 e. The van der Waals surface area contributed by atoms with Crippen LogP contribution in [0.15, 0.2) is 36.4 Å². The summed E-state index contributed by atoms with van der Waals surface area (Å²) in [5, 5.41) is 12.4. The topological polar surface area (TPSA) is 99.7 Å². The lowest BCUT2D eigenvalue weighted by atomic mass is 10.1. The second-order valence-corrected chi connectivity index (χ2v) is 6.92. The number of ether oxygens (including phenoxy) is 2. The molecule has 8 nitrogen and oxygen atoms in total. The van der Waals surface area contributed by atoms with Crippen LogP contribution in [0.3, 0.4) is 0 Å². The molecule has 0 bridgehead atoms. The maximum Gasteiger partial charge on any atom is 0.418 e. The number of rotatable bonds is 10. The first kappa shape index (κ1) is 23.4. The summed E-state index contributed by atoms with van der Waals surface area (Å²) in [6, 6.07) is 8.03. The molecule has 3 rings (SSSR count). The van der Waals surface area contributed by atoms with Gasteiger partial charge in [-0.3, -0.25) is 0 Å². The molecule has 0 aliphatic heterocycles. The monoisotopic (exact) mass is 452 g/mol. The molecule has 1 heterocycles. The number of aromatic amines is 1. The molecule has 11 heteroatoms. The minimum atomic E-state index is -4.54. The highest BCUT2D eigenvalue weighted by molar-refractivity contribution is 6.00. The summed E-state index contributed by atoms with van der Waals surface area (Å²) in [7, 11) is 3.09. The third-order valence-corrected chi connectivity index (χ3v) is 4.79. The third-order valence-electron chi connectivity index (χ3n) is 4.79. The first-order valence-electron chi connectivity index (χ1n) is 9.67. The highest BCUT2D eigenvalue weighted by atomic mass is 19.4. The quantitative estimate of drug-likeness (QED) is 0.426. The number of carbonyl (C=O) groups is 1. The molecule has 2 aromatic carbocycles. The number of hydrogen-bond acceptors (Lipinski definition) is 6. The molecule has 0 radical (unpaired) electrons. The Balaban J connectivity index is 2.01. The summed E-state index contributed by atoms with van der Waals surface area (Å²) in [6.45, 7) is 1.57. The molecular weight excluding hydrogens is 429 g/mol. The van der Waals surface area contributed by atoms with Gasteiger partial charge in [0.05, 0.1) is 46.7 Å². The van der Waals surface area contributed by atoms with Crippen LogP contribution in [0.1, 0.15) is 15.9 Å². The molecule has 172 valence electrons. The van der Waals surface area contributed by atoms with Crippen molar-refractivity contribution < 1.29 is 32.5 Å². The number of alkyl halides is 3. The second-order valence-electron chi connectivity index (χ2n) is 6.92. The van der Waals surface area contributed by atoms with Crippen LogP contribution in [0.5, 0.6) is 0 Å². The number of H-pyrrole nitrogens is 1. The summed E-state index contributed by atoms with van der Waals surface area (Å²) in [6.07, 6.45) is -4.54. The Morgan fingerprint density at radius 3 is 2.41 bits per heavy atom. The zero-order valence-electron chi connectivity index (χ0n) is 17.5. The maximum atomic E-state index is 13.3. The predicted octanol–water partition coefficient (Wildman–Crippen LogP) is 4.12. The van der Waals surface area contributed by atoms with Crippen LogP contribution in [0, 0.1) is 0 Å². The van der Waals surface area contributed by atoms with E-state index in [0.29, 0.717) is 43.0 Å². The van der Waals surface area contributed by atoms with E-state index in [1.165, 1.54) is 24.3 Å². The van der Waals surface area contributed by atoms with Crippen molar-refractivity contribution in [2.45, 2.75) is 6.18 Å². The van der Waals surface area contributed by atoms with Crippen molar-refractivity contribution in [1.29, 1.82) is 0 Å². The van der Waals surface area contributed by atoms with E-state index in [9.17, 15) is 23.1 Å². The molecule has 0 saturated carbocycles. The Hall–Kier alpha value is -3.31. The Bertz CT molecular complexity index is 1080. The van der Waals surface area contributed by atoms with E-state index in [0.717, 1.165) is 6.07 Å². The van der Waals surface area contributed by atoms with Crippen molar-refractivity contribution in [3.8, 4) is 0 Å². The van der Waals surface area contributed by atoms with Gasteiger partial charge in [0, 0.05) is 27.3 Å². The summed E-state index contributed by atoms with van der Waals surface area (Å²) in [5.41, 5.74) is 0.203. The predicted molar refractivity (Wildman–Crippen MR) is 114 cm³/mol. The molecule has 3 aromatic rings. The molecule has 0 aliphatic rings. The van der Waals surface area contributed by atoms with E-state index in [4.69, 9.17) is 9.47 Å². The molecule has 0 spiro atoms. The zero-order valence-corrected chi connectivity index (χ0v) is 17.5. The van der Waals surface area contributed by atoms with Gasteiger partial charge in [0.2, 0.25) is 5.95 Å². The zero-order chi connectivity index (χ0) is 23.3. The van der Waals surface area contributed by atoms with Gasteiger partial charge in [-0.2, -0.15) is 13.2 Å². The fraction of sp³-hybridized carbons (Fsp3) is 0.333. The van der Waals surface area contributed by atoms with Gasteiger partial charge in [-0.15, -0.1) is 0 Å². The van der Waals surface area contributed by atoms with E-state index in [2.05, 4.69) is 15.3 Å². The number of para-hydroxylation sites is 1. The van der Waals surface area contributed by atoms with Crippen LogP contribution >= 0.6 is 0 Å². The molecule has 0 unspecified atom stereocenters. The molecule has 0 atom stereocenters. The Kier molecular flexibility index (Phi) is 7.21. The van der Waals surface area contributed by atoms with E-state index < -0.39 is 17.7 Å². The van der Waals surface area contributed by atoms with Gasteiger partial charge in [-0.05, 0) is 24.3 Å². The van der Waals surface area contributed by atoms with Crippen LogP contribution in [0.2, 0.25) is 0 Å². The summed E-state index contributed by atoms with van der Waals surface area (Å²) in [4.78, 5) is 20.9. The average Bonchev–Trinajstić information content (AvgIpc) is 3.13. The lowest BCUT2D eigenvalue weighted by molar-refractivity contribution is -0.136. The van der Waals surface area contributed by atoms with E-state index in [1.807, 2.05) is 4.90 Å². The molecule has 0 aliphatic carbocycles. The van der Waals surface area contributed by atoms with Gasteiger partial charge in [-0.1, -0.05) is 12.1 Å². The number of anilines is 3. The number of hydrogen-bond donors (Lipinski definition) is 3. The second kappa shape index (κ2) is 9.88. The fourth-order valence-electron chi connectivity index (χ4n) is 3.26. The van der Waals surface area contributed by atoms with Gasteiger partial charge in [-0.25, -0.2) is 9.78 Å². The van der Waals surface area contributed by atoms with Crippen molar-refractivity contribution in [2.24, 2.45) is 0 Å². The number of imidazole rings is 1. The largest absolute Gasteiger partial charge is 0.478 e. The van der Waals surface area contributed by atoms with Crippen molar-refractivity contribution in [2.75, 3.05) is 50.7 Å².